The van der Waals surface area contributed by atoms with Crippen LogP contribution in [0, 0.1) is 6.92 Å². The monoisotopic (exact) mass is 297 g/mol. The van der Waals surface area contributed by atoms with Crippen LogP contribution in [0.5, 0.6) is 0 Å². The molecule has 1 aromatic heterocycles. The van der Waals surface area contributed by atoms with Gasteiger partial charge in [-0.1, -0.05) is 39.0 Å². The standard InChI is InChI=1S/C18H23N3O/c1-5-17(22)21-16-10-9-14(11-19-16)20-18-13(4)7-6-8-15(18)12(2)3/h6-12,20H,5H2,1-4H3,(H,19,21,22). The fraction of sp³-hybridized carbons (Fsp3) is 0.333. The number of pyridine rings is 1. The third kappa shape index (κ3) is 3.85. The third-order valence-corrected chi connectivity index (χ3v) is 3.55. The Kier molecular flexibility index (Phi) is 5.15. The topological polar surface area (TPSA) is 54.0 Å². The molecular weight excluding hydrogens is 274 g/mol. The van der Waals surface area contributed by atoms with Crippen LogP contribution in [0.4, 0.5) is 17.2 Å². The van der Waals surface area contributed by atoms with E-state index in [1.165, 1.54) is 11.1 Å². The molecule has 0 atom stereocenters. The molecule has 22 heavy (non-hydrogen) atoms. The molecule has 0 fully saturated rings. The lowest BCUT2D eigenvalue weighted by atomic mass is 9.98. The minimum Gasteiger partial charge on any atom is -0.354 e. The third-order valence-electron chi connectivity index (χ3n) is 3.55. The van der Waals surface area contributed by atoms with Crippen molar-refractivity contribution >= 4 is 23.1 Å². The highest BCUT2D eigenvalue weighted by molar-refractivity contribution is 5.89. The predicted molar refractivity (Wildman–Crippen MR) is 91.7 cm³/mol. The number of carbonyl (C=O) groups excluding carboxylic acids is 1. The molecule has 116 valence electrons. The number of para-hydroxylation sites is 1. The largest absolute Gasteiger partial charge is 0.354 e. The summed E-state index contributed by atoms with van der Waals surface area (Å²) in [5.41, 5.74) is 4.52. The van der Waals surface area contributed by atoms with E-state index in [0.717, 1.165) is 11.4 Å². The molecule has 0 aliphatic heterocycles. The van der Waals surface area contributed by atoms with Gasteiger partial charge in [0.1, 0.15) is 5.82 Å². The molecule has 1 heterocycles. The maximum Gasteiger partial charge on any atom is 0.225 e. The Morgan fingerprint density at radius 1 is 1.23 bits per heavy atom. The van der Waals surface area contributed by atoms with E-state index in [-0.39, 0.29) is 5.91 Å². The van der Waals surface area contributed by atoms with Crippen LogP contribution in [0.2, 0.25) is 0 Å². The lowest BCUT2D eigenvalue weighted by Crippen LogP contribution is -2.10. The van der Waals surface area contributed by atoms with Gasteiger partial charge >= 0.3 is 0 Å². The molecule has 2 rings (SSSR count). The number of nitrogens with one attached hydrogen (secondary N) is 2. The molecule has 2 N–H and O–H groups in total. The van der Waals surface area contributed by atoms with Crippen LogP contribution in [0.25, 0.3) is 0 Å². The summed E-state index contributed by atoms with van der Waals surface area (Å²) in [7, 11) is 0. The average molecular weight is 297 g/mol. The minimum atomic E-state index is -0.0331. The number of anilines is 3. The Hall–Kier alpha value is -2.36. The summed E-state index contributed by atoms with van der Waals surface area (Å²) in [5.74, 6) is 0.985. The van der Waals surface area contributed by atoms with Crippen LogP contribution >= 0.6 is 0 Å². The zero-order valence-corrected chi connectivity index (χ0v) is 13.6. The van der Waals surface area contributed by atoms with Gasteiger partial charge in [0, 0.05) is 12.1 Å². The van der Waals surface area contributed by atoms with Crippen molar-refractivity contribution in [2.24, 2.45) is 0 Å². The van der Waals surface area contributed by atoms with Gasteiger partial charge in [0.15, 0.2) is 0 Å². The van der Waals surface area contributed by atoms with Crippen LogP contribution in [-0.2, 0) is 4.79 Å². The summed E-state index contributed by atoms with van der Waals surface area (Å²) in [4.78, 5) is 15.6. The first-order valence-corrected chi connectivity index (χ1v) is 7.63. The number of hydrogen-bond acceptors (Lipinski definition) is 3. The molecule has 4 heteroatoms. The van der Waals surface area contributed by atoms with Crippen LogP contribution in [-0.4, -0.2) is 10.9 Å². The summed E-state index contributed by atoms with van der Waals surface area (Å²) in [6.45, 7) is 8.28. The quantitative estimate of drug-likeness (QED) is 0.847. The van der Waals surface area contributed by atoms with E-state index in [1.807, 2.05) is 19.1 Å². The first kappa shape index (κ1) is 16.0. The molecule has 0 aliphatic rings. The van der Waals surface area contributed by atoms with Crippen molar-refractivity contribution in [1.82, 2.24) is 4.98 Å². The predicted octanol–water partition coefficient (Wildman–Crippen LogP) is 4.61. The average Bonchev–Trinajstić information content (AvgIpc) is 2.50. The van der Waals surface area contributed by atoms with E-state index in [9.17, 15) is 4.79 Å². The Morgan fingerprint density at radius 2 is 2.00 bits per heavy atom. The fourth-order valence-electron chi connectivity index (χ4n) is 2.26. The van der Waals surface area contributed by atoms with E-state index in [4.69, 9.17) is 0 Å². The molecule has 1 amide bonds. The van der Waals surface area contributed by atoms with Crippen LogP contribution in [0.1, 0.15) is 44.2 Å². The van der Waals surface area contributed by atoms with Gasteiger partial charge in [-0.2, -0.15) is 0 Å². The van der Waals surface area contributed by atoms with Crippen molar-refractivity contribution in [3.63, 3.8) is 0 Å². The highest BCUT2D eigenvalue weighted by atomic mass is 16.1. The number of benzene rings is 1. The summed E-state index contributed by atoms with van der Waals surface area (Å²) in [6, 6.07) is 10.1. The second kappa shape index (κ2) is 7.07. The normalized spacial score (nSPS) is 10.6. The molecule has 0 aliphatic carbocycles. The molecule has 0 unspecified atom stereocenters. The zero-order chi connectivity index (χ0) is 16.1. The lowest BCUT2D eigenvalue weighted by Gasteiger charge is -2.17. The maximum atomic E-state index is 11.4. The Balaban J connectivity index is 2.20. The number of aryl methyl sites for hydroxylation is 1. The molecular formula is C18H23N3O. The second-order valence-electron chi connectivity index (χ2n) is 5.65. The molecule has 0 bridgehead atoms. The molecule has 0 saturated carbocycles. The summed E-state index contributed by atoms with van der Waals surface area (Å²) in [6.07, 6.45) is 2.18. The van der Waals surface area contributed by atoms with Gasteiger partial charge < -0.3 is 10.6 Å². The summed E-state index contributed by atoms with van der Waals surface area (Å²) < 4.78 is 0. The van der Waals surface area contributed by atoms with Gasteiger partial charge in [-0.15, -0.1) is 0 Å². The van der Waals surface area contributed by atoms with Crippen molar-refractivity contribution in [3.8, 4) is 0 Å². The Morgan fingerprint density at radius 3 is 2.59 bits per heavy atom. The molecule has 0 spiro atoms. The van der Waals surface area contributed by atoms with Crippen molar-refractivity contribution in [1.29, 1.82) is 0 Å². The molecule has 2 aromatic rings. The van der Waals surface area contributed by atoms with Crippen LogP contribution < -0.4 is 10.6 Å². The molecule has 0 radical (unpaired) electrons. The van der Waals surface area contributed by atoms with Gasteiger partial charge in [-0.3, -0.25) is 4.79 Å². The van der Waals surface area contributed by atoms with E-state index < -0.39 is 0 Å². The SMILES string of the molecule is CCC(=O)Nc1ccc(Nc2c(C)cccc2C(C)C)cn1. The highest BCUT2D eigenvalue weighted by Crippen LogP contribution is 2.30. The molecule has 4 nitrogen and oxygen atoms in total. The molecule has 0 saturated heterocycles. The first-order chi connectivity index (χ1) is 10.5. The number of nitrogens with zero attached hydrogens (tertiary/aromatic N) is 1. The van der Waals surface area contributed by atoms with Crippen molar-refractivity contribution in [3.05, 3.63) is 47.7 Å². The summed E-state index contributed by atoms with van der Waals surface area (Å²) >= 11 is 0. The van der Waals surface area contributed by atoms with Gasteiger partial charge in [-0.05, 0) is 36.1 Å². The fourth-order valence-corrected chi connectivity index (χ4v) is 2.26. The van der Waals surface area contributed by atoms with Crippen molar-refractivity contribution in [2.75, 3.05) is 10.6 Å². The van der Waals surface area contributed by atoms with Crippen molar-refractivity contribution < 1.29 is 4.79 Å². The van der Waals surface area contributed by atoms with Gasteiger partial charge in [0.2, 0.25) is 5.91 Å². The van der Waals surface area contributed by atoms with Gasteiger partial charge in [0.05, 0.1) is 11.9 Å². The number of amides is 1. The maximum absolute atomic E-state index is 11.4. The van der Waals surface area contributed by atoms with Gasteiger partial charge in [0.25, 0.3) is 0 Å². The first-order valence-electron chi connectivity index (χ1n) is 7.63. The highest BCUT2D eigenvalue weighted by Gasteiger charge is 2.09. The van der Waals surface area contributed by atoms with E-state index in [2.05, 4.69) is 54.6 Å². The van der Waals surface area contributed by atoms with Gasteiger partial charge in [-0.25, -0.2) is 4.98 Å². The number of hydrogen-bond donors (Lipinski definition) is 2. The Bertz CT molecular complexity index is 648. The van der Waals surface area contributed by atoms with E-state index in [0.29, 0.717) is 18.2 Å². The minimum absolute atomic E-state index is 0.0331. The Labute approximate surface area is 132 Å². The number of carbonyl (C=O) groups is 1. The number of aromatic nitrogens is 1. The lowest BCUT2D eigenvalue weighted by molar-refractivity contribution is -0.115. The second-order valence-corrected chi connectivity index (χ2v) is 5.65. The zero-order valence-electron chi connectivity index (χ0n) is 13.6. The number of rotatable bonds is 5. The van der Waals surface area contributed by atoms with Crippen LogP contribution in [0.3, 0.4) is 0 Å². The van der Waals surface area contributed by atoms with E-state index in [1.54, 1.807) is 6.20 Å². The van der Waals surface area contributed by atoms with Crippen LogP contribution in [0.15, 0.2) is 36.5 Å². The van der Waals surface area contributed by atoms with E-state index >= 15 is 0 Å². The molecule has 1 aromatic carbocycles. The van der Waals surface area contributed by atoms with Crippen molar-refractivity contribution in [2.45, 2.75) is 40.0 Å². The smallest absolute Gasteiger partial charge is 0.225 e. The summed E-state index contributed by atoms with van der Waals surface area (Å²) in [5, 5.41) is 6.19.